The van der Waals surface area contributed by atoms with Gasteiger partial charge in [-0.05, 0) is 18.2 Å². The minimum atomic E-state index is -2.61. The quantitative estimate of drug-likeness (QED) is 0.661. The lowest BCUT2D eigenvalue weighted by atomic mass is 10.2. The number of pyridine rings is 2. The Bertz CT molecular complexity index is 862. The number of carbonyl (C=O) groups is 2. The number of ether oxygens (including phenoxy) is 2. The first-order valence-electron chi connectivity index (χ1n) is 8.80. The molecule has 2 rings (SSSR count). The number of alkyl halides is 2. The fraction of sp³-hybridized carbons (Fsp3) is 0.368. The first-order valence-corrected chi connectivity index (χ1v) is 8.80. The Morgan fingerprint density at radius 2 is 1.97 bits per heavy atom. The summed E-state index contributed by atoms with van der Waals surface area (Å²) in [7, 11) is 1.37. The Hall–Kier alpha value is -3.30. The first-order chi connectivity index (χ1) is 13.8. The molecule has 2 N–H and O–H groups in total. The van der Waals surface area contributed by atoms with Crippen LogP contribution in [0.1, 0.15) is 29.8 Å². The molecule has 10 heteroatoms. The van der Waals surface area contributed by atoms with Gasteiger partial charge in [0, 0.05) is 35.9 Å². The normalized spacial score (nSPS) is 10.7. The van der Waals surface area contributed by atoms with Crippen molar-refractivity contribution in [3.63, 3.8) is 0 Å². The van der Waals surface area contributed by atoms with Crippen molar-refractivity contribution in [2.24, 2.45) is 5.92 Å². The number of rotatable bonds is 9. The standard InChI is InChI=1S/C19H22F2N4O4/c1-11(2)17(26)24-15-8-12(6-7-22-15)18(27)23-9-13-4-5-16(25-19(13)28-3)29-10-14(20)21/h4-8,11,14H,9-10H2,1-3H3,(H,23,27)(H,22,24,26). The van der Waals surface area contributed by atoms with Crippen LogP contribution in [0.3, 0.4) is 0 Å². The number of methoxy groups -OCH3 is 1. The number of nitrogens with zero attached hydrogens (tertiary/aromatic N) is 2. The fourth-order valence-corrected chi connectivity index (χ4v) is 2.18. The monoisotopic (exact) mass is 408 g/mol. The number of hydrogen-bond donors (Lipinski definition) is 2. The molecule has 2 heterocycles. The minimum absolute atomic E-state index is 0.00287. The van der Waals surface area contributed by atoms with E-state index in [1.54, 1.807) is 19.9 Å². The summed E-state index contributed by atoms with van der Waals surface area (Å²) in [6, 6.07) is 5.95. The summed E-state index contributed by atoms with van der Waals surface area (Å²) in [5, 5.41) is 5.33. The van der Waals surface area contributed by atoms with Gasteiger partial charge in [0.15, 0.2) is 6.61 Å². The van der Waals surface area contributed by atoms with Crippen molar-refractivity contribution in [1.82, 2.24) is 15.3 Å². The van der Waals surface area contributed by atoms with E-state index < -0.39 is 18.9 Å². The summed E-state index contributed by atoms with van der Waals surface area (Å²) in [6.07, 6.45) is -1.19. The van der Waals surface area contributed by atoms with Gasteiger partial charge in [0.05, 0.1) is 7.11 Å². The van der Waals surface area contributed by atoms with Crippen LogP contribution in [0.2, 0.25) is 0 Å². The Kier molecular flexibility index (Phi) is 7.81. The van der Waals surface area contributed by atoms with Crippen LogP contribution in [0.5, 0.6) is 11.8 Å². The van der Waals surface area contributed by atoms with Gasteiger partial charge >= 0.3 is 0 Å². The van der Waals surface area contributed by atoms with Crippen molar-refractivity contribution in [2.75, 3.05) is 19.0 Å². The molecule has 0 fully saturated rings. The van der Waals surface area contributed by atoms with Crippen LogP contribution < -0.4 is 20.1 Å². The molecule has 0 saturated carbocycles. The van der Waals surface area contributed by atoms with E-state index in [-0.39, 0.29) is 35.9 Å². The summed E-state index contributed by atoms with van der Waals surface area (Å²) in [5.74, 6) is -0.404. The number of anilines is 1. The van der Waals surface area contributed by atoms with Crippen LogP contribution in [0.25, 0.3) is 0 Å². The number of halogens is 2. The molecular formula is C19H22F2N4O4. The zero-order chi connectivity index (χ0) is 21.4. The molecule has 156 valence electrons. The molecule has 8 nitrogen and oxygen atoms in total. The molecule has 2 aromatic heterocycles. The molecule has 0 atom stereocenters. The van der Waals surface area contributed by atoms with E-state index in [0.29, 0.717) is 11.1 Å². The SMILES string of the molecule is COc1nc(OCC(F)F)ccc1CNC(=O)c1ccnc(NC(=O)C(C)C)c1. The second-order valence-corrected chi connectivity index (χ2v) is 6.28. The van der Waals surface area contributed by atoms with Crippen LogP contribution in [0.4, 0.5) is 14.6 Å². The highest BCUT2D eigenvalue weighted by atomic mass is 19.3. The topological polar surface area (TPSA) is 102 Å². The maximum atomic E-state index is 12.4. The predicted molar refractivity (Wildman–Crippen MR) is 101 cm³/mol. The minimum Gasteiger partial charge on any atom is -0.481 e. The highest BCUT2D eigenvalue weighted by Gasteiger charge is 2.13. The second kappa shape index (κ2) is 10.3. The molecule has 0 aromatic carbocycles. The Morgan fingerprint density at radius 3 is 2.62 bits per heavy atom. The summed E-state index contributed by atoms with van der Waals surface area (Å²) in [4.78, 5) is 32.2. The van der Waals surface area contributed by atoms with E-state index >= 15 is 0 Å². The largest absolute Gasteiger partial charge is 0.481 e. The van der Waals surface area contributed by atoms with Crippen LogP contribution >= 0.6 is 0 Å². The van der Waals surface area contributed by atoms with E-state index in [1.165, 1.54) is 31.5 Å². The molecule has 29 heavy (non-hydrogen) atoms. The Balaban J connectivity index is 2.02. The van der Waals surface area contributed by atoms with Gasteiger partial charge in [-0.1, -0.05) is 13.8 Å². The molecule has 0 radical (unpaired) electrons. The molecule has 0 aliphatic rings. The van der Waals surface area contributed by atoms with E-state index in [9.17, 15) is 18.4 Å². The molecule has 0 aliphatic heterocycles. The zero-order valence-electron chi connectivity index (χ0n) is 16.2. The van der Waals surface area contributed by atoms with Crippen molar-refractivity contribution >= 4 is 17.6 Å². The lowest BCUT2D eigenvalue weighted by Crippen LogP contribution is -2.24. The number of carbonyl (C=O) groups excluding carboxylic acids is 2. The molecular weight excluding hydrogens is 386 g/mol. The van der Waals surface area contributed by atoms with Crippen LogP contribution in [-0.4, -0.2) is 41.9 Å². The molecule has 0 saturated heterocycles. The molecule has 2 amide bonds. The summed E-state index contributed by atoms with van der Waals surface area (Å²) >= 11 is 0. The van der Waals surface area contributed by atoms with Gasteiger partial charge in [-0.3, -0.25) is 9.59 Å². The van der Waals surface area contributed by atoms with E-state index in [0.717, 1.165) is 0 Å². The van der Waals surface area contributed by atoms with E-state index in [1.807, 2.05) is 0 Å². The van der Waals surface area contributed by atoms with Gasteiger partial charge in [0.1, 0.15) is 5.82 Å². The van der Waals surface area contributed by atoms with Gasteiger partial charge in [0.25, 0.3) is 12.3 Å². The number of aromatic nitrogens is 2. The van der Waals surface area contributed by atoms with Gasteiger partial charge in [-0.15, -0.1) is 0 Å². The fourth-order valence-electron chi connectivity index (χ4n) is 2.18. The van der Waals surface area contributed by atoms with E-state index in [2.05, 4.69) is 20.6 Å². The lowest BCUT2D eigenvalue weighted by molar-refractivity contribution is -0.118. The molecule has 0 spiro atoms. The van der Waals surface area contributed by atoms with Gasteiger partial charge in [-0.25, -0.2) is 13.8 Å². The average molecular weight is 408 g/mol. The summed E-state index contributed by atoms with van der Waals surface area (Å²) in [6.45, 7) is 2.80. The Labute approximate surface area is 166 Å². The highest BCUT2D eigenvalue weighted by Crippen LogP contribution is 2.20. The van der Waals surface area contributed by atoms with Crippen molar-refractivity contribution in [3.05, 3.63) is 41.6 Å². The average Bonchev–Trinajstić information content (AvgIpc) is 2.70. The van der Waals surface area contributed by atoms with Crippen LogP contribution in [0, 0.1) is 5.92 Å². The first kappa shape index (κ1) is 22.0. The van der Waals surface area contributed by atoms with Crippen LogP contribution in [0.15, 0.2) is 30.5 Å². The van der Waals surface area contributed by atoms with Crippen LogP contribution in [-0.2, 0) is 11.3 Å². The van der Waals surface area contributed by atoms with Gasteiger partial charge in [-0.2, -0.15) is 4.98 Å². The smallest absolute Gasteiger partial charge is 0.272 e. The Morgan fingerprint density at radius 1 is 1.21 bits per heavy atom. The van der Waals surface area contributed by atoms with Gasteiger partial charge < -0.3 is 20.1 Å². The number of amides is 2. The highest BCUT2D eigenvalue weighted by molar-refractivity contribution is 5.96. The van der Waals surface area contributed by atoms with Crippen molar-refractivity contribution in [1.29, 1.82) is 0 Å². The lowest BCUT2D eigenvalue weighted by Gasteiger charge is -2.12. The maximum absolute atomic E-state index is 12.4. The third-order valence-electron chi connectivity index (χ3n) is 3.70. The third-order valence-corrected chi connectivity index (χ3v) is 3.70. The molecule has 0 bridgehead atoms. The molecule has 0 aliphatic carbocycles. The molecule has 2 aromatic rings. The number of nitrogens with one attached hydrogen (secondary N) is 2. The summed E-state index contributed by atoms with van der Waals surface area (Å²) < 4.78 is 34.4. The van der Waals surface area contributed by atoms with Crippen molar-refractivity contribution in [3.8, 4) is 11.8 Å². The maximum Gasteiger partial charge on any atom is 0.272 e. The van der Waals surface area contributed by atoms with Gasteiger partial charge in [0.2, 0.25) is 17.7 Å². The van der Waals surface area contributed by atoms with Crippen molar-refractivity contribution < 1.29 is 27.8 Å². The van der Waals surface area contributed by atoms with Crippen molar-refractivity contribution in [2.45, 2.75) is 26.8 Å². The second-order valence-electron chi connectivity index (χ2n) is 6.28. The molecule has 0 unspecified atom stereocenters. The number of hydrogen-bond acceptors (Lipinski definition) is 6. The van der Waals surface area contributed by atoms with E-state index in [4.69, 9.17) is 9.47 Å². The summed E-state index contributed by atoms with van der Waals surface area (Å²) in [5.41, 5.74) is 0.843. The predicted octanol–water partition coefficient (Wildman–Crippen LogP) is 2.65. The third kappa shape index (κ3) is 6.66. The zero-order valence-corrected chi connectivity index (χ0v) is 16.2.